The number of aryl methyl sites for hydroxylation is 1. The highest BCUT2D eigenvalue weighted by Crippen LogP contribution is 2.49. The summed E-state index contributed by atoms with van der Waals surface area (Å²) in [5, 5.41) is 3.74. The molecule has 4 atom stereocenters. The van der Waals surface area contributed by atoms with Gasteiger partial charge in [0.15, 0.2) is 0 Å². The summed E-state index contributed by atoms with van der Waals surface area (Å²) in [6, 6.07) is 9.52. The van der Waals surface area contributed by atoms with E-state index in [1.807, 2.05) is 37.3 Å². The third-order valence-electron chi connectivity index (χ3n) is 5.09. The van der Waals surface area contributed by atoms with Gasteiger partial charge in [0.2, 0.25) is 5.91 Å². The van der Waals surface area contributed by atoms with Gasteiger partial charge in [0, 0.05) is 29.0 Å². The molecule has 0 unspecified atom stereocenters. The zero-order valence-corrected chi connectivity index (χ0v) is 14.2. The largest absolute Gasteiger partial charge is 0.373 e. The van der Waals surface area contributed by atoms with Gasteiger partial charge in [-0.15, -0.1) is 0 Å². The Labute approximate surface area is 146 Å². The average molecular weight is 343 g/mol. The summed E-state index contributed by atoms with van der Waals surface area (Å²) in [4.78, 5) is 17.0. The van der Waals surface area contributed by atoms with Crippen LogP contribution in [0.5, 0.6) is 0 Å². The number of rotatable bonds is 3. The molecule has 4 nitrogen and oxygen atoms in total. The molecule has 4 rings (SSSR count). The van der Waals surface area contributed by atoms with Crippen LogP contribution in [0.15, 0.2) is 42.7 Å². The number of pyridine rings is 1. The van der Waals surface area contributed by atoms with Crippen LogP contribution in [0.4, 0.5) is 5.69 Å². The van der Waals surface area contributed by atoms with Gasteiger partial charge in [-0.05, 0) is 61.2 Å². The van der Waals surface area contributed by atoms with Crippen molar-refractivity contribution in [3.63, 3.8) is 0 Å². The van der Waals surface area contributed by atoms with E-state index in [1.54, 1.807) is 12.4 Å². The molecule has 0 saturated carbocycles. The minimum atomic E-state index is -0.165. The van der Waals surface area contributed by atoms with Crippen molar-refractivity contribution in [1.29, 1.82) is 0 Å². The quantitative estimate of drug-likeness (QED) is 0.919. The second-order valence-corrected chi connectivity index (χ2v) is 6.98. The first kappa shape index (κ1) is 15.6. The van der Waals surface area contributed by atoms with Crippen molar-refractivity contribution in [3.8, 4) is 0 Å². The van der Waals surface area contributed by atoms with Gasteiger partial charge in [-0.2, -0.15) is 0 Å². The second kappa shape index (κ2) is 6.19. The Kier molecular flexibility index (Phi) is 4.02. The number of benzene rings is 1. The molecule has 3 heterocycles. The Hall–Kier alpha value is -1.91. The van der Waals surface area contributed by atoms with Crippen LogP contribution >= 0.6 is 11.6 Å². The number of carbonyl (C=O) groups excluding carboxylic acids is 1. The Bertz CT molecular complexity index is 765. The van der Waals surface area contributed by atoms with E-state index in [-0.39, 0.29) is 30.0 Å². The van der Waals surface area contributed by atoms with Crippen LogP contribution in [0.1, 0.15) is 29.9 Å². The van der Waals surface area contributed by atoms with Gasteiger partial charge in [-0.25, -0.2) is 0 Å². The average Bonchev–Trinajstić information content (AvgIpc) is 3.20. The van der Waals surface area contributed by atoms with Crippen molar-refractivity contribution in [2.24, 2.45) is 5.92 Å². The topological polar surface area (TPSA) is 51.2 Å². The van der Waals surface area contributed by atoms with Gasteiger partial charge in [-0.1, -0.05) is 11.6 Å². The highest BCUT2D eigenvalue weighted by atomic mass is 35.5. The predicted molar refractivity (Wildman–Crippen MR) is 93.2 cm³/mol. The number of hydrogen-bond acceptors (Lipinski definition) is 3. The lowest BCUT2D eigenvalue weighted by Gasteiger charge is -2.27. The minimum absolute atomic E-state index is 0.00145. The summed E-state index contributed by atoms with van der Waals surface area (Å²) < 4.78 is 6.05. The molecule has 1 N–H and O–H groups in total. The van der Waals surface area contributed by atoms with Gasteiger partial charge < -0.3 is 10.1 Å². The van der Waals surface area contributed by atoms with E-state index < -0.39 is 0 Å². The fourth-order valence-corrected chi connectivity index (χ4v) is 4.09. The van der Waals surface area contributed by atoms with Gasteiger partial charge in [-0.3, -0.25) is 9.78 Å². The summed E-state index contributed by atoms with van der Waals surface area (Å²) in [5.74, 6) is -0.0481. The van der Waals surface area contributed by atoms with E-state index >= 15 is 0 Å². The molecule has 0 radical (unpaired) electrons. The molecule has 2 saturated heterocycles. The van der Waals surface area contributed by atoms with Crippen molar-refractivity contribution in [3.05, 3.63) is 58.9 Å². The fourth-order valence-electron chi connectivity index (χ4n) is 3.97. The Morgan fingerprint density at radius 2 is 1.96 bits per heavy atom. The number of aromatic nitrogens is 1. The van der Waals surface area contributed by atoms with E-state index in [4.69, 9.17) is 16.3 Å². The first-order chi connectivity index (χ1) is 11.6. The van der Waals surface area contributed by atoms with E-state index in [2.05, 4.69) is 10.3 Å². The number of fused-ring (bicyclic) bond motifs is 2. The SMILES string of the molecule is Cc1cc(NC(=O)[C@@H]2[C@H](c3ccncc3)[C@H]3CC[C@@H]2O3)ccc1Cl. The number of hydrogen-bond donors (Lipinski definition) is 1. The first-order valence-corrected chi connectivity index (χ1v) is 8.63. The lowest BCUT2D eigenvalue weighted by molar-refractivity contribution is -0.121. The van der Waals surface area contributed by atoms with Gasteiger partial charge >= 0.3 is 0 Å². The van der Waals surface area contributed by atoms with Crippen molar-refractivity contribution in [2.45, 2.75) is 37.9 Å². The number of ether oxygens (including phenoxy) is 1. The summed E-state index contributed by atoms with van der Waals surface area (Å²) in [5.41, 5.74) is 2.85. The molecular formula is C19H19ClN2O2. The van der Waals surface area contributed by atoms with Crippen LogP contribution in [0.25, 0.3) is 0 Å². The maximum Gasteiger partial charge on any atom is 0.230 e. The van der Waals surface area contributed by atoms with Gasteiger partial charge in [0.25, 0.3) is 0 Å². The Balaban J connectivity index is 1.59. The zero-order chi connectivity index (χ0) is 16.7. The van der Waals surface area contributed by atoms with Crippen LogP contribution in [0.3, 0.4) is 0 Å². The predicted octanol–water partition coefficient (Wildman–Crippen LogP) is 3.94. The molecule has 124 valence electrons. The summed E-state index contributed by atoms with van der Waals surface area (Å²) >= 11 is 6.06. The molecule has 1 amide bonds. The molecule has 5 heteroatoms. The number of anilines is 1. The Morgan fingerprint density at radius 3 is 2.71 bits per heavy atom. The smallest absolute Gasteiger partial charge is 0.230 e. The van der Waals surface area contributed by atoms with Crippen molar-refractivity contribution >= 4 is 23.2 Å². The normalized spacial score (nSPS) is 28.1. The van der Waals surface area contributed by atoms with Crippen molar-refractivity contribution < 1.29 is 9.53 Å². The third-order valence-corrected chi connectivity index (χ3v) is 5.52. The van der Waals surface area contributed by atoms with E-state index in [1.165, 1.54) is 0 Å². The summed E-state index contributed by atoms with van der Waals surface area (Å²) in [7, 11) is 0. The minimum Gasteiger partial charge on any atom is -0.373 e. The van der Waals surface area contributed by atoms with Crippen LogP contribution in [0, 0.1) is 12.8 Å². The third kappa shape index (κ3) is 2.70. The van der Waals surface area contributed by atoms with E-state index in [0.717, 1.165) is 29.7 Å². The summed E-state index contributed by atoms with van der Waals surface area (Å²) in [6.07, 6.45) is 5.64. The second-order valence-electron chi connectivity index (χ2n) is 6.58. The first-order valence-electron chi connectivity index (χ1n) is 8.26. The molecule has 2 aromatic rings. The van der Waals surface area contributed by atoms with Crippen molar-refractivity contribution in [2.75, 3.05) is 5.32 Å². The Morgan fingerprint density at radius 1 is 1.21 bits per heavy atom. The molecule has 2 aliphatic heterocycles. The lowest BCUT2D eigenvalue weighted by Crippen LogP contribution is -2.36. The zero-order valence-electron chi connectivity index (χ0n) is 13.4. The number of nitrogens with one attached hydrogen (secondary N) is 1. The molecule has 1 aromatic carbocycles. The number of carbonyl (C=O) groups is 1. The van der Waals surface area contributed by atoms with Crippen LogP contribution < -0.4 is 5.32 Å². The van der Waals surface area contributed by atoms with Crippen LogP contribution in [-0.2, 0) is 9.53 Å². The van der Waals surface area contributed by atoms with Crippen molar-refractivity contribution in [1.82, 2.24) is 4.98 Å². The summed E-state index contributed by atoms with van der Waals surface area (Å²) in [6.45, 7) is 1.93. The van der Waals surface area contributed by atoms with Crippen LogP contribution in [-0.4, -0.2) is 23.1 Å². The van der Waals surface area contributed by atoms with Crippen LogP contribution in [0.2, 0.25) is 5.02 Å². The number of halogens is 1. The molecule has 2 aliphatic rings. The van der Waals surface area contributed by atoms with Gasteiger partial charge in [0.05, 0.1) is 18.1 Å². The molecule has 24 heavy (non-hydrogen) atoms. The van der Waals surface area contributed by atoms with Gasteiger partial charge in [0.1, 0.15) is 0 Å². The molecule has 2 fully saturated rings. The highest BCUT2D eigenvalue weighted by Gasteiger charge is 2.52. The number of nitrogens with zero attached hydrogens (tertiary/aromatic N) is 1. The number of amides is 1. The highest BCUT2D eigenvalue weighted by molar-refractivity contribution is 6.31. The maximum atomic E-state index is 12.9. The monoisotopic (exact) mass is 342 g/mol. The fraction of sp³-hybridized carbons (Fsp3) is 0.368. The molecular weight excluding hydrogens is 324 g/mol. The molecule has 1 aromatic heterocycles. The molecule has 2 bridgehead atoms. The molecule has 0 spiro atoms. The lowest BCUT2D eigenvalue weighted by atomic mass is 9.75. The molecule has 0 aliphatic carbocycles. The van der Waals surface area contributed by atoms with E-state index in [9.17, 15) is 4.79 Å². The maximum absolute atomic E-state index is 12.9. The van der Waals surface area contributed by atoms with E-state index in [0.29, 0.717) is 5.02 Å². The standard InChI is InChI=1S/C19H19ClN2O2/c1-11-10-13(2-3-14(11)20)22-19(23)18-16-5-4-15(24-16)17(18)12-6-8-21-9-7-12/h2-3,6-10,15-18H,4-5H2,1H3,(H,22,23)/t15-,16+,17-,18+/m1/s1.